The third-order valence-electron chi connectivity index (χ3n) is 3.77. The highest BCUT2D eigenvalue weighted by molar-refractivity contribution is 9.09. The minimum Gasteiger partial charge on any atom is -0.351 e. The van der Waals surface area contributed by atoms with Crippen LogP contribution in [0.1, 0.15) is 13.3 Å². The third-order valence-corrected chi connectivity index (χ3v) is 4.43. The Bertz CT molecular complexity index is 557. The Balaban J connectivity index is 1.99. The summed E-state index contributed by atoms with van der Waals surface area (Å²) in [6.45, 7) is 3.38. The van der Waals surface area contributed by atoms with Crippen LogP contribution in [0.25, 0.3) is 11.0 Å². The summed E-state index contributed by atoms with van der Waals surface area (Å²) in [5, 5.41) is 0.989. The van der Waals surface area contributed by atoms with Crippen LogP contribution in [0.15, 0.2) is 30.5 Å². The van der Waals surface area contributed by atoms with E-state index in [0.29, 0.717) is 12.0 Å². The Hall–Kier alpha value is -1.16. The predicted octanol–water partition coefficient (Wildman–Crippen LogP) is 3.24. The largest absolute Gasteiger partial charge is 0.351 e. The van der Waals surface area contributed by atoms with Gasteiger partial charge in [0.25, 0.3) is 0 Å². The summed E-state index contributed by atoms with van der Waals surface area (Å²) in [7, 11) is 0. The molecule has 1 aliphatic rings. The summed E-state index contributed by atoms with van der Waals surface area (Å²) >= 11 is 3.61. The SMILES string of the molecule is CC1CCN(c2cnc3ccccc3n2)C1CBr. The molecule has 2 atom stereocenters. The van der Waals surface area contributed by atoms with Gasteiger partial charge >= 0.3 is 0 Å². The fraction of sp³-hybridized carbons (Fsp3) is 0.429. The molecule has 2 aromatic rings. The highest BCUT2D eigenvalue weighted by Gasteiger charge is 2.31. The lowest BCUT2D eigenvalue weighted by Crippen LogP contribution is -2.34. The van der Waals surface area contributed by atoms with Crippen LogP contribution >= 0.6 is 15.9 Å². The number of anilines is 1. The van der Waals surface area contributed by atoms with Gasteiger partial charge in [0.05, 0.1) is 17.2 Å². The van der Waals surface area contributed by atoms with Gasteiger partial charge < -0.3 is 4.90 Å². The lowest BCUT2D eigenvalue weighted by atomic mass is 10.1. The molecule has 18 heavy (non-hydrogen) atoms. The normalized spacial score (nSPS) is 23.8. The van der Waals surface area contributed by atoms with Gasteiger partial charge in [0, 0.05) is 17.9 Å². The minimum absolute atomic E-state index is 0.528. The van der Waals surface area contributed by atoms with Crippen LogP contribution in [0.3, 0.4) is 0 Å². The smallest absolute Gasteiger partial charge is 0.148 e. The number of alkyl halides is 1. The lowest BCUT2D eigenvalue weighted by molar-refractivity contribution is 0.553. The number of aromatic nitrogens is 2. The molecule has 3 rings (SSSR count). The molecule has 0 spiro atoms. The Morgan fingerprint density at radius 2 is 2.11 bits per heavy atom. The molecule has 2 heterocycles. The van der Waals surface area contributed by atoms with Crippen molar-refractivity contribution in [1.29, 1.82) is 0 Å². The zero-order valence-corrected chi connectivity index (χ0v) is 12.0. The topological polar surface area (TPSA) is 29.0 Å². The van der Waals surface area contributed by atoms with Gasteiger partial charge in [-0.05, 0) is 24.5 Å². The fourth-order valence-corrected chi connectivity index (χ4v) is 3.60. The van der Waals surface area contributed by atoms with Crippen molar-refractivity contribution in [3.63, 3.8) is 0 Å². The van der Waals surface area contributed by atoms with Crippen molar-refractivity contribution in [1.82, 2.24) is 9.97 Å². The zero-order valence-electron chi connectivity index (χ0n) is 10.4. The predicted molar refractivity (Wildman–Crippen MR) is 78.2 cm³/mol. The quantitative estimate of drug-likeness (QED) is 0.798. The fourth-order valence-electron chi connectivity index (χ4n) is 2.61. The van der Waals surface area contributed by atoms with Crippen LogP contribution in [-0.2, 0) is 0 Å². The van der Waals surface area contributed by atoms with E-state index in [0.717, 1.165) is 28.7 Å². The summed E-state index contributed by atoms with van der Waals surface area (Å²) in [5.74, 6) is 1.71. The molecule has 1 aromatic heterocycles. The molecular weight excluding hydrogens is 290 g/mol. The van der Waals surface area contributed by atoms with Crippen molar-refractivity contribution >= 4 is 32.8 Å². The highest BCUT2D eigenvalue weighted by Crippen LogP contribution is 2.29. The molecule has 3 nitrogen and oxygen atoms in total. The first-order chi connectivity index (χ1) is 8.79. The Morgan fingerprint density at radius 1 is 1.33 bits per heavy atom. The first-order valence-electron chi connectivity index (χ1n) is 6.34. The maximum absolute atomic E-state index is 4.73. The standard InChI is InChI=1S/C14H16BrN3/c1-10-6-7-18(13(10)8-15)14-9-16-11-4-2-3-5-12(11)17-14/h2-5,9-10,13H,6-8H2,1H3. The van der Waals surface area contributed by atoms with Gasteiger partial charge in [0.15, 0.2) is 0 Å². The van der Waals surface area contributed by atoms with E-state index in [4.69, 9.17) is 4.98 Å². The van der Waals surface area contributed by atoms with Gasteiger partial charge in [-0.25, -0.2) is 4.98 Å². The van der Waals surface area contributed by atoms with Gasteiger partial charge in [-0.15, -0.1) is 0 Å². The van der Waals surface area contributed by atoms with Crippen molar-refractivity contribution in [2.75, 3.05) is 16.8 Å². The molecule has 1 aliphatic heterocycles. The summed E-state index contributed by atoms with van der Waals surface area (Å²) in [4.78, 5) is 11.6. The molecule has 1 fully saturated rings. The molecule has 2 unspecified atom stereocenters. The van der Waals surface area contributed by atoms with E-state index in [-0.39, 0.29) is 0 Å². The van der Waals surface area contributed by atoms with E-state index in [9.17, 15) is 0 Å². The van der Waals surface area contributed by atoms with Crippen molar-refractivity contribution in [3.8, 4) is 0 Å². The number of benzene rings is 1. The zero-order chi connectivity index (χ0) is 12.5. The van der Waals surface area contributed by atoms with Gasteiger partial charge in [0.2, 0.25) is 0 Å². The molecule has 0 amide bonds. The molecule has 0 radical (unpaired) electrons. The van der Waals surface area contributed by atoms with Crippen LogP contribution in [0, 0.1) is 5.92 Å². The number of fused-ring (bicyclic) bond motifs is 1. The number of para-hydroxylation sites is 2. The third kappa shape index (κ3) is 1.99. The second-order valence-corrected chi connectivity index (χ2v) is 5.55. The van der Waals surface area contributed by atoms with Gasteiger partial charge in [0.1, 0.15) is 5.82 Å². The van der Waals surface area contributed by atoms with Crippen LogP contribution in [0.2, 0.25) is 0 Å². The van der Waals surface area contributed by atoms with Gasteiger partial charge in [-0.3, -0.25) is 4.98 Å². The highest BCUT2D eigenvalue weighted by atomic mass is 79.9. The van der Waals surface area contributed by atoms with Crippen molar-refractivity contribution in [2.24, 2.45) is 5.92 Å². The van der Waals surface area contributed by atoms with E-state index < -0.39 is 0 Å². The maximum atomic E-state index is 4.73. The van der Waals surface area contributed by atoms with Gasteiger partial charge in [-0.2, -0.15) is 0 Å². The number of halogens is 1. The molecule has 0 bridgehead atoms. The summed E-state index contributed by atoms with van der Waals surface area (Å²) < 4.78 is 0. The molecule has 0 aliphatic carbocycles. The minimum atomic E-state index is 0.528. The van der Waals surface area contributed by atoms with E-state index >= 15 is 0 Å². The molecule has 0 saturated carbocycles. The lowest BCUT2D eigenvalue weighted by Gasteiger charge is -2.26. The Labute approximate surface area is 115 Å². The van der Waals surface area contributed by atoms with Gasteiger partial charge in [-0.1, -0.05) is 35.0 Å². The number of hydrogen-bond donors (Lipinski definition) is 0. The van der Waals surface area contributed by atoms with Crippen molar-refractivity contribution in [3.05, 3.63) is 30.5 Å². The summed E-state index contributed by atoms with van der Waals surface area (Å²) in [6.07, 6.45) is 3.13. The van der Waals surface area contributed by atoms with Crippen molar-refractivity contribution < 1.29 is 0 Å². The molecular formula is C14H16BrN3. The molecule has 4 heteroatoms. The molecule has 1 saturated heterocycles. The molecule has 0 N–H and O–H groups in total. The van der Waals surface area contributed by atoms with Crippen LogP contribution < -0.4 is 4.90 Å². The second kappa shape index (κ2) is 4.84. The Morgan fingerprint density at radius 3 is 2.89 bits per heavy atom. The average molecular weight is 306 g/mol. The molecule has 94 valence electrons. The summed E-state index contributed by atoms with van der Waals surface area (Å²) in [5.41, 5.74) is 1.94. The van der Waals surface area contributed by atoms with E-state index in [1.807, 2.05) is 30.5 Å². The first kappa shape index (κ1) is 11.9. The average Bonchev–Trinajstić information content (AvgIpc) is 2.79. The number of rotatable bonds is 2. The first-order valence-corrected chi connectivity index (χ1v) is 7.46. The number of hydrogen-bond acceptors (Lipinski definition) is 3. The molecule has 1 aromatic carbocycles. The maximum Gasteiger partial charge on any atom is 0.148 e. The van der Waals surface area contributed by atoms with Crippen LogP contribution in [-0.4, -0.2) is 27.9 Å². The van der Waals surface area contributed by atoms with Crippen molar-refractivity contribution in [2.45, 2.75) is 19.4 Å². The monoisotopic (exact) mass is 305 g/mol. The van der Waals surface area contributed by atoms with Crippen LogP contribution in [0.4, 0.5) is 5.82 Å². The number of nitrogens with zero attached hydrogens (tertiary/aromatic N) is 3. The van der Waals surface area contributed by atoms with E-state index in [1.54, 1.807) is 0 Å². The van der Waals surface area contributed by atoms with E-state index in [2.05, 4.69) is 32.7 Å². The van der Waals surface area contributed by atoms with Crippen LogP contribution in [0.5, 0.6) is 0 Å². The Kier molecular flexibility index (Phi) is 3.20. The second-order valence-electron chi connectivity index (χ2n) is 4.90. The van der Waals surface area contributed by atoms with E-state index in [1.165, 1.54) is 6.42 Å². The summed E-state index contributed by atoms with van der Waals surface area (Å²) in [6, 6.07) is 8.56.